The lowest BCUT2D eigenvalue weighted by Crippen LogP contribution is -2.00. The van der Waals surface area contributed by atoms with E-state index in [2.05, 4.69) is 4.98 Å². The molecule has 1 aromatic heterocycles. The third-order valence-electron chi connectivity index (χ3n) is 3.36. The van der Waals surface area contributed by atoms with Gasteiger partial charge in [0, 0.05) is 12.6 Å². The minimum Gasteiger partial charge on any atom is -0.507 e. The van der Waals surface area contributed by atoms with Gasteiger partial charge >= 0.3 is 0 Å². The van der Waals surface area contributed by atoms with Crippen molar-refractivity contribution in [3.8, 4) is 17.1 Å². The lowest BCUT2D eigenvalue weighted by Gasteiger charge is -2.09. The second-order valence-corrected chi connectivity index (χ2v) is 4.88. The number of imidazole rings is 1. The summed E-state index contributed by atoms with van der Waals surface area (Å²) in [5, 5.41) is 9.95. The third kappa shape index (κ3) is 2.35. The molecule has 0 spiro atoms. The average Bonchev–Trinajstić information content (AvgIpc) is 2.78. The van der Waals surface area contributed by atoms with Crippen LogP contribution in [-0.2, 0) is 6.54 Å². The predicted octanol–water partition coefficient (Wildman–Crippen LogP) is 4.10. The van der Waals surface area contributed by atoms with E-state index in [-0.39, 0.29) is 11.6 Å². The van der Waals surface area contributed by atoms with Gasteiger partial charge in [0.05, 0.1) is 16.6 Å². The number of phenols is 1. The summed E-state index contributed by atoms with van der Waals surface area (Å²) in [6, 6.07) is 8.16. The maximum Gasteiger partial charge on any atom is 0.144 e. The molecule has 3 nitrogen and oxygen atoms in total. The molecule has 0 bridgehead atoms. The van der Waals surface area contributed by atoms with Gasteiger partial charge in [-0.1, -0.05) is 6.92 Å². The topological polar surface area (TPSA) is 38.0 Å². The van der Waals surface area contributed by atoms with E-state index < -0.39 is 5.82 Å². The van der Waals surface area contributed by atoms with Crippen LogP contribution in [0.3, 0.4) is 0 Å². The summed E-state index contributed by atoms with van der Waals surface area (Å²) >= 11 is 0. The Morgan fingerprint density at radius 2 is 1.81 bits per heavy atom. The fourth-order valence-electron chi connectivity index (χ4n) is 2.45. The number of rotatable bonds is 3. The molecule has 0 amide bonds. The summed E-state index contributed by atoms with van der Waals surface area (Å²) in [5.41, 5.74) is 1.74. The first-order valence-electron chi connectivity index (χ1n) is 6.75. The molecule has 3 aromatic rings. The van der Waals surface area contributed by atoms with Crippen LogP contribution >= 0.6 is 0 Å². The second kappa shape index (κ2) is 5.16. The number of aryl methyl sites for hydroxylation is 1. The highest BCUT2D eigenvalue weighted by molar-refractivity contribution is 5.82. The quantitative estimate of drug-likeness (QED) is 0.788. The van der Waals surface area contributed by atoms with Gasteiger partial charge < -0.3 is 9.67 Å². The van der Waals surface area contributed by atoms with Gasteiger partial charge in [-0.15, -0.1) is 0 Å². The number of aromatic nitrogens is 2. The van der Waals surface area contributed by atoms with Crippen LogP contribution in [0.4, 0.5) is 8.78 Å². The summed E-state index contributed by atoms with van der Waals surface area (Å²) in [6.07, 6.45) is 0.830. The van der Waals surface area contributed by atoms with Crippen molar-refractivity contribution in [3.05, 3.63) is 48.0 Å². The summed E-state index contributed by atoms with van der Waals surface area (Å²) in [5.74, 6) is -0.520. The van der Waals surface area contributed by atoms with Gasteiger partial charge in [-0.25, -0.2) is 13.8 Å². The molecule has 0 aliphatic heterocycles. The normalized spacial score (nSPS) is 11.2. The van der Waals surface area contributed by atoms with Crippen LogP contribution in [0.5, 0.6) is 5.75 Å². The maximum absolute atomic E-state index is 13.5. The summed E-state index contributed by atoms with van der Waals surface area (Å²) in [4.78, 5) is 4.45. The Morgan fingerprint density at radius 3 is 2.52 bits per heavy atom. The maximum atomic E-state index is 13.5. The van der Waals surface area contributed by atoms with Crippen molar-refractivity contribution >= 4 is 11.0 Å². The van der Waals surface area contributed by atoms with Gasteiger partial charge in [0.15, 0.2) is 0 Å². The first-order chi connectivity index (χ1) is 10.1. The van der Waals surface area contributed by atoms with E-state index in [1.807, 2.05) is 11.5 Å². The fourth-order valence-corrected chi connectivity index (χ4v) is 2.45. The van der Waals surface area contributed by atoms with Gasteiger partial charge in [0.2, 0.25) is 0 Å². The number of fused-ring (bicyclic) bond motifs is 1. The number of hydrogen-bond donors (Lipinski definition) is 1. The number of aromatic hydroxyl groups is 1. The Morgan fingerprint density at radius 1 is 1.10 bits per heavy atom. The van der Waals surface area contributed by atoms with E-state index >= 15 is 0 Å². The van der Waals surface area contributed by atoms with Crippen LogP contribution < -0.4 is 0 Å². The smallest absolute Gasteiger partial charge is 0.144 e. The van der Waals surface area contributed by atoms with Gasteiger partial charge in [-0.05, 0) is 36.8 Å². The molecule has 0 radical (unpaired) electrons. The minimum absolute atomic E-state index is 0.178. The molecule has 108 valence electrons. The summed E-state index contributed by atoms with van der Waals surface area (Å²) < 4.78 is 28.4. The number of nitrogens with zero attached hydrogens (tertiary/aromatic N) is 2. The summed E-state index contributed by atoms with van der Waals surface area (Å²) in [7, 11) is 0. The van der Waals surface area contributed by atoms with Crippen molar-refractivity contribution < 1.29 is 13.9 Å². The summed E-state index contributed by atoms with van der Waals surface area (Å²) in [6.45, 7) is 2.63. The molecule has 0 unspecified atom stereocenters. The van der Waals surface area contributed by atoms with Crippen LogP contribution in [0.1, 0.15) is 13.3 Å². The molecule has 0 atom stereocenters. The SMILES string of the molecule is CCCn1c(-c2ccc(F)cc2O)nc2ccc(F)cc21. The van der Waals surface area contributed by atoms with Crippen LogP contribution in [0.15, 0.2) is 36.4 Å². The van der Waals surface area contributed by atoms with E-state index in [1.54, 1.807) is 6.07 Å². The minimum atomic E-state index is -0.513. The first kappa shape index (κ1) is 13.5. The Balaban J connectivity index is 2.28. The van der Waals surface area contributed by atoms with Gasteiger partial charge in [0.25, 0.3) is 0 Å². The van der Waals surface area contributed by atoms with Gasteiger partial charge in [0.1, 0.15) is 23.2 Å². The zero-order valence-electron chi connectivity index (χ0n) is 11.5. The zero-order valence-corrected chi connectivity index (χ0v) is 11.5. The van der Waals surface area contributed by atoms with E-state index in [1.165, 1.54) is 24.3 Å². The highest BCUT2D eigenvalue weighted by atomic mass is 19.1. The van der Waals surface area contributed by atoms with Crippen molar-refractivity contribution in [2.24, 2.45) is 0 Å². The molecule has 0 aliphatic rings. The molecule has 21 heavy (non-hydrogen) atoms. The molecule has 5 heteroatoms. The molecule has 3 rings (SSSR count). The Labute approximate surface area is 120 Å². The fraction of sp³-hybridized carbons (Fsp3) is 0.188. The third-order valence-corrected chi connectivity index (χ3v) is 3.36. The first-order valence-corrected chi connectivity index (χ1v) is 6.75. The number of hydrogen-bond acceptors (Lipinski definition) is 2. The Hall–Kier alpha value is -2.43. The number of phenolic OH excluding ortho intramolecular Hbond substituents is 1. The molecule has 2 aromatic carbocycles. The van der Waals surface area contributed by atoms with Crippen LogP contribution in [0, 0.1) is 11.6 Å². The van der Waals surface area contributed by atoms with Crippen molar-refractivity contribution in [2.45, 2.75) is 19.9 Å². The van der Waals surface area contributed by atoms with E-state index in [9.17, 15) is 13.9 Å². The van der Waals surface area contributed by atoms with E-state index in [0.717, 1.165) is 12.5 Å². The van der Waals surface area contributed by atoms with Crippen LogP contribution in [-0.4, -0.2) is 14.7 Å². The molecule has 0 fully saturated rings. The predicted molar refractivity (Wildman–Crippen MR) is 77.0 cm³/mol. The van der Waals surface area contributed by atoms with Crippen LogP contribution in [0.25, 0.3) is 22.4 Å². The Kier molecular flexibility index (Phi) is 3.33. The largest absolute Gasteiger partial charge is 0.507 e. The van der Waals surface area contributed by atoms with Crippen LogP contribution in [0.2, 0.25) is 0 Å². The second-order valence-electron chi connectivity index (χ2n) is 4.88. The monoisotopic (exact) mass is 288 g/mol. The molecule has 0 saturated carbocycles. The van der Waals surface area contributed by atoms with Crippen molar-refractivity contribution in [1.29, 1.82) is 0 Å². The number of benzene rings is 2. The highest BCUT2D eigenvalue weighted by Crippen LogP contribution is 2.32. The lowest BCUT2D eigenvalue weighted by atomic mass is 10.2. The molecule has 0 saturated heterocycles. The number of halogens is 2. The van der Waals surface area contributed by atoms with E-state index in [0.29, 0.717) is 29.0 Å². The van der Waals surface area contributed by atoms with E-state index in [4.69, 9.17) is 0 Å². The highest BCUT2D eigenvalue weighted by Gasteiger charge is 2.16. The van der Waals surface area contributed by atoms with Gasteiger partial charge in [-0.2, -0.15) is 0 Å². The zero-order chi connectivity index (χ0) is 15.0. The molecule has 1 N–H and O–H groups in total. The van der Waals surface area contributed by atoms with Crippen molar-refractivity contribution in [3.63, 3.8) is 0 Å². The molecular weight excluding hydrogens is 274 g/mol. The standard InChI is InChI=1S/C16H14F2N2O/c1-2-7-20-14-8-10(17)4-6-13(14)19-16(20)12-5-3-11(18)9-15(12)21/h3-6,8-9,21H,2,7H2,1H3. The lowest BCUT2D eigenvalue weighted by molar-refractivity contribution is 0.470. The van der Waals surface area contributed by atoms with Gasteiger partial charge in [-0.3, -0.25) is 0 Å². The average molecular weight is 288 g/mol. The van der Waals surface area contributed by atoms with Crippen molar-refractivity contribution in [2.75, 3.05) is 0 Å². The van der Waals surface area contributed by atoms with Crippen molar-refractivity contribution in [1.82, 2.24) is 9.55 Å². The Bertz CT molecular complexity index is 811. The molecule has 1 heterocycles. The molecular formula is C16H14F2N2O. The molecule has 0 aliphatic carbocycles.